The molecule has 3 aliphatic heterocycles. The van der Waals surface area contributed by atoms with Crippen LogP contribution in [0.1, 0.15) is 19.3 Å². The van der Waals surface area contributed by atoms with Crippen molar-refractivity contribution in [3.8, 4) is 0 Å². The lowest BCUT2D eigenvalue weighted by Gasteiger charge is -2.33. The van der Waals surface area contributed by atoms with Crippen LogP contribution in [-0.2, 0) is 9.53 Å². The fourth-order valence-electron chi connectivity index (χ4n) is 3.58. The topological polar surface area (TPSA) is 44.8 Å². The molecule has 3 aliphatic rings. The molecule has 1 amide bonds. The first-order valence-corrected chi connectivity index (χ1v) is 7.08. The molecule has 3 rings (SSSR count). The van der Waals surface area contributed by atoms with Crippen molar-refractivity contribution in [3.63, 3.8) is 0 Å². The van der Waals surface area contributed by atoms with Gasteiger partial charge in [0.15, 0.2) is 0 Å². The van der Waals surface area contributed by atoms with Crippen LogP contribution in [0.5, 0.6) is 0 Å². The second kappa shape index (κ2) is 5.15. The zero-order valence-corrected chi connectivity index (χ0v) is 11.1. The second-order valence-corrected chi connectivity index (χ2v) is 5.70. The molecule has 0 aromatic heterocycles. The van der Waals surface area contributed by atoms with Crippen LogP contribution in [-0.4, -0.2) is 73.7 Å². The molecule has 0 aromatic carbocycles. The van der Waals surface area contributed by atoms with E-state index in [2.05, 4.69) is 22.2 Å². The van der Waals surface area contributed by atoms with Crippen LogP contribution < -0.4 is 5.32 Å². The first-order valence-electron chi connectivity index (χ1n) is 7.08. The van der Waals surface area contributed by atoms with Crippen LogP contribution in [0.2, 0.25) is 0 Å². The Morgan fingerprint density at radius 3 is 3.22 bits per heavy atom. The third kappa shape index (κ3) is 2.27. The number of hydrogen-bond acceptors (Lipinski definition) is 4. The molecule has 1 N–H and O–H groups in total. The number of hydrogen-bond donors (Lipinski definition) is 1. The standard InChI is InChI=1S/C13H23N3O2/c1-15(9-10-8-14-4-6-18-10)12-7-13(17)16-5-2-3-11(12)16/h10-12,14H,2-9H2,1H3. The summed E-state index contributed by atoms with van der Waals surface area (Å²) < 4.78 is 5.74. The van der Waals surface area contributed by atoms with Gasteiger partial charge < -0.3 is 15.0 Å². The lowest BCUT2D eigenvalue weighted by atomic mass is 10.0. The Labute approximate surface area is 108 Å². The van der Waals surface area contributed by atoms with E-state index in [-0.39, 0.29) is 6.10 Å². The summed E-state index contributed by atoms with van der Waals surface area (Å²) in [6, 6.07) is 0.851. The minimum atomic E-state index is 0.273. The molecule has 3 fully saturated rings. The van der Waals surface area contributed by atoms with Gasteiger partial charge in [0.1, 0.15) is 0 Å². The predicted molar refractivity (Wildman–Crippen MR) is 68.4 cm³/mol. The van der Waals surface area contributed by atoms with Gasteiger partial charge in [-0.3, -0.25) is 9.69 Å². The maximum Gasteiger partial charge on any atom is 0.224 e. The monoisotopic (exact) mass is 253 g/mol. The van der Waals surface area contributed by atoms with Gasteiger partial charge >= 0.3 is 0 Å². The highest BCUT2D eigenvalue weighted by Crippen LogP contribution is 2.31. The van der Waals surface area contributed by atoms with Crippen molar-refractivity contribution >= 4 is 5.91 Å². The van der Waals surface area contributed by atoms with E-state index in [9.17, 15) is 4.79 Å². The van der Waals surface area contributed by atoms with Gasteiger partial charge in [0.05, 0.1) is 12.7 Å². The van der Waals surface area contributed by atoms with Crippen LogP contribution in [0.25, 0.3) is 0 Å². The predicted octanol–water partition coefficient (Wildman–Crippen LogP) is -0.330. The Morgan fingerprint density at radius 1 is 1.56 bits per heavy atom. The van der Waals surface area contributed by atoms with E-state index < -0.39 is 0 Å². The number of nitrogens with one attached hydrogen (secondary N) is 1. The number of morpholine rings is 1. The number of fused-ring (bicyclic) bond motifs is 1. The van der Waals surface area contributed by atoms with Crippen molar-refractivity contribution in [2.75, 3.05) is 39.8 Å². The number of carbonyl (C=O) groups is 1. The Kier molecular flexibility index (Phi) is 3.54. The maximum absolute atomic E-state index is 11.9. The Balaban J connectivity index is 1.58. The van der Waals surface area contributed by atoms with E-state index in [1.807, 2.05) is 0 Å². The fraction of sp³-hybridized carbons (Fsp3) is 0.923. The first-order chi connectivity index (χ1) is 8.75. The molecule has 3 heterocycles. The molecule has 0 saturated carbocycles. The summed E-state index contributed by atoms with van der Waals surface area (Å²) in [4.78, 5) is 16.3. The zero-order chi connectivity index (χ0) is 12.5. The lowest BCUT2D eigenvalue weighted by Crippen LogP contribution is -2.49. The van der Waals surface area contributed by atoms with E-state index in [1.54, 1.807) is 0 Å². The molecule has 102 valence electrons. The lowest BCUT2D eigenvalue weighted by molar-refractivity contribution is -0.127. The Bertz CT molecular complexity index is 317. The highest BCUT2D eigenvalue weighted by atomic mass is 16.5. The van der Waals surface area contributed by atoms with Crippen LogP contribution in [0, 0.1) is 0 Å². The van der Waals surface area contributed by atoms with Crippen molar-refractivity contribution in [1.82, 2.24) is 15.1 Å². The average molecular weight is 253 g/mol. The van der Waals surface area contributed by atoms with Crippen LogP contribution in [0.4, 0.5) is 0 Å². The first kappa shape index (κ1) is 12.4. The summed E-state index contributed by atoms with van der Waals surface area (Å²) in [6.07, 6.45) is 3.31. The SMILES string of the molecule is CN(CC1CNCCO1)C1CC(=O)N2CCCC12. The summed E-state index contributed by atoms with van der Waals surface area (Å²) in [6.45, 7) is 4.58. The zero-order valence-electron chi connectivity index (χ0n) is 11.1. The smallest absolute Gasteiger partial charge is 0.224 e. The summed E-state index contributed by atoms with van der Waals surface area (Å²) in [5.41, 5.74) is 0. The van der Waals surface area contributed by atoms with Gasteiger partial charge in [0.25, 0.3) is 0 Å². The number of rotatable bonds is 3. The van der Waals surface area contributed by atoms with E-state index in [4.69, 9.17) is 4.74 Å². The molecule has 3 atom stereocenters. The molecule has 0 spiro atoms. The van der Waals surface area contributed by atoms with E-state index >= 15 is 0 Å². The summed E-state index contributed by atoms with van der Waals surface area (Å²) >= 11 is 0. The average Bonchev–Trinajstić information content (AvgIpc) is 2.95. The second-order valence-electron chi connectivity index (χ2n) is 5.70. The van der Waals surface area contributed by atoms with Crippen molar-refractivity contribution in [1.29, 1.82) is 0 Å². The Morgan fingerprint density at radius 2 is 2.44 bits per heavy atom. The minimum Gasteiger partial charge on any atom is -0.374 e. The molecule has 5 heteroatoms. The van der Waals surface area contributed by atoms with Gasteiger partial charge in [0.2, 0.25) is 5.91 Å². The quantitative estimate of drug-likeness (QED) is 0.748. The van der Waals surface area contributed by atoms with Crippen molar-refractivity contribution in [3.05, 3.63) is 0 Å². The van der Waals surface area contributed by atoms with E-state index in [0.717, 1.165) is 32.8 Å². The molecule has 3 saturated heterocycles. The van der Waals surface area contributed by atoms with Gasteiger partial charge in [-0.1, -0.05) is 0 Å². The fourth-order valence-corrected chi connectivity index (χ4v) is 3.58. The molecule has 3 unspecified atom stereocenters. The van der Waals surface area contributed by atoms with Crippen LogP contribution in [0.15, 0.2) is 0 Å². The largest absolute Gasteiger partial charge is 0.374 e. The minimum absolute atomic E-state index is 0.273. The van der Waals surface area contributed by atoms with Crippen LogP contribution >= 0.6 is 0 Å². The third-order valence-electron chi connectivity index (χ3n) is 4.51. The van der Waals surface area contributed by atoms with Crippen molar-refractivity contribution in [2.24, 2.45) is 0 Å². The van der Waals surface area contributed by atoms with E-state index in [0.29, 0.717) is 24.4 Å². The number of ether oxygens (including phenoxy) is 1. The van der Waals surface area contributed by atoms with Crippen molar-refractivity contribution < 1.29 is 9.53 Å². The number of amides is 1. The molecule has 0 aromatic rings. The molecule has 5 nitrogen and oxygen atoms in total. The molecule has 0 bridgehead atoms. The highest BCUT2D eigenvalue weighted by molar-refractivity contribution is 5.80. The van der Waals surface area contributed by atoms with Gasteiger partial charge in [-0.25, -0.2) is 0 Å². The van der Waals surface area contributed by atoms with Crippen LogP contribution in [0.3, 0.4) is 0 Å². The Hall–Kier alpha value is -0.650. The van der Waals surface area contributed by atoms with Gasteiger partial charge in [-0.2, -0.15) is 0 Å². The molecule has 0 radical (unpaired) electrons. The molecular formula is C13H23N3O2. The normalized spacial score (nSPS) is 36.4. The third-order valence-corrected chi connectivity index (χ3v) is 4.51. The molecule has 18 heavy (non-hydrogen) atoms. The summed E-state index contributed by atoms with van der Waals surface area (Å²) in [7, 11) is 2.14. The number of nitrogens with zero attached hydrogens (tertiary/aromatic N) is 2. The molecular weight excluding hydrogens is 230 g/mol. The summed E-state index contributed by atoms with van der Waals surface area (Å²) in [5.74, 6) is 0.344. The molecule has 0 aliphatic carbocycles. The number of carbonyl (C=O) groups excluding carboxylic acids is 1. The van der Waals surface area contributed by atoms with Gasteiger partial charge in [-0.15, -0.1) is 0 Å². The van der Waals surface area contributed by atoms with E-state index in [1.165, 1.54) is 12.8 Å². The van der Waals surface area contributed by atoms with Gasteiger partial charge in [0, 0.05) is 44.7 Å². The number of likely N-dealkylation sites (N-methyl/N-ethyl adjacent to an activating group) is 1. The maximum atomic E-state index is 11.9. The summed E-state index contributed by atoms with van der Waals surface area (Å²) in [5, 5.41) is 3.36. The van der Waals surface area contributed by atoms with Gasteiger partial charge in [-0.05, 0) is 19.9 Å². The highest BCUT2D eigenvalue weighted by Gasteiger charge is 2.44. The van der Waals surface area contributed by atoms with Crippen molar-refractivity contribution in [2.45, 2.75) is 37.5 Å².